The summed E-state index contributed by atoms with van der Waals surface area (Å²) in [6, 6.07) is 5.59. The third kappa shape index (κ3) is 4.13. The molecule has 0 saturated heterocycles. The molecule has 3 nitrogen and oxygen atoms in total. The number of hydrogen-bond donors (Lipinski definition) is 1. The van der Waals surface area contributed by atoms with Crippen molar-refractivity contribution in [3.63, 3.8) is 0 Å². The number of benzene rings is 1. The van der Waals surface area contributed by atoms with E-state index in [-0.39, 0.29) is 5.97 Å². The van der Waals surface area contributed by atoms with Crippen LogP contribution in [0.15, 0.2) is 18.2 Å². The van der Waals surface area contributed by atoms with Crippen LogP contribution in [0.4, 0.5) is 5.69 Å². The molecular weight excluding hydrogens is 286 g/mol. The maximum Gasteiger partial charge on any atom is 0.339 e. The molecule has 0 aliphatic heterocycles. The second-order valence-corrected chi connectivity index (χ2v) is 7.37. The molecule has 0 aromatic heterocycles. The average Bonchev–Trinajstić information content (AvgIpc) is 2.35. The van der Waals surface area contributed by atoms with Gasteiger partial charge < -0.3 is 10.1 Å². The zero-order valence-corrected chi connectivity index (χ0v) is 14.0. The van der Waals surface area contributed by atoms with E-state index < -0.39 is 0 Å². The molecule has 21 heavy (non-hydrogen) atoms. The molecule has 1 aliphatic carbocycles. The van der Waals surface area contributed by atoms with Crippen LogP contribution in [0, 0.1) is 11.3 Å². The summed E-state index contributed by atoms with van der Waals surface area (Å²) in [4.78, 5) is 11.9. The van der Waals surface area contributed by atoms with E-state index in [1.54, 1.807) is 18.2 Å². The van der Waals surface area contributed by atoms with Crippen molar-refractivity contribution in [1.29, 1.82) is 0 Å². The van der Waals surface area contributed by atoms with Crippen LogP contribution in [0.25, 0.3) is 0 Å². The van der Waals surface area contributed by atoms with Crippen LogP contribution >= 0.6 is 11.6 Å². The summed E-state index contributed by atoms with van der Waals surface area (Å²) in [5, 5.41) is 4.13. The van der Waals surface area contributed by atoms with Gasteiger partial charge in [-0.05, 0) is 48.8 Å². The van der Waals surface area contributed by atoms with Crippen molar-refractivity contribution in [3.05, 3.63) is 28.8 Å². The van der Waals surface area contributed by atoms with Crippen LogP contribution in [0.3, 0.4) is 0 Å². The molecule has 2 unspecified atom stereocenters. The Bertz CT molecular complexity index is 528. The quantitative estimate of drug-likeness (QED) is 0.819. The van der Waals surface area contributed by atoms with Gasteiger partial charge in [-0.25, -0.2) is 4.79 Å². The number of anilines is 1. The highest BCUT2D eigenvalue weighted by Gasteiger charge is 2.32. The van der Waals surface area contributed by atoms with Gasteiger partial charge in [-0.1, -0.05) is 32.4 Å². The molecule has 0 heterocycles. The summed E-state index contributed by atoms with van der Waals surface area (Å²) in [5.41, 5.74) is 1.63. The predicted molar refractivity (Wildman–Crippen MR) is 87.0 cm³/mol. The maximum absolute atomic E-state index is 11.9. The van der Waals surface area contributed by atoms with Gasteiger partial charge in [0.2, 0.25) is 0 Å². The van der Waals surface area contributed by atoms with E-state index >= 15 is 0 Å². The first-order valence-electron chi connectivity index (χ1n) is 7.45. The lowest BCUT2D eigenvalue weighted by Crippen LogP contribution is -2.35. The van der Waals surface area contributed by atoms with Gasteiger partial charge in [0, 0.05) is 11.1 Å². The number of carbonyl (C=O) groups excluding carboxylic acids is 1. The minimum Gasteiger partial charge on any atom is -0.465 e. The van der Waals surface area contributed by atoms with Gasteiger partial charge in [-0.3, -0.25) is 0 Å². The van der Waals surface area contributed by atoms with Gasteiger partial charge >= 0.3 is 5.97 Å². The normalized spacial score (nSPS) is 24.4. The summed E-state index contributed by atoms with van der Waals surface area (Å²) in [7, 11) is 1.40. The highest BCUT2D eigenvalue weighted by Crippen LogP contribution is 2.40. The van der Waals surface area contributed by atoms with Crippen molar-refractivity contribution in [3.8, 4) is 0 Å². The van der Waals surface area contributed by atoms with Gasteiger partial charge in [0.1, 0.15) is 0 Å². The third-order valence-electron chi connectivity index (χ3n) is 4.13. The monoisotopic (exact) mass is 309 g/mol. The maximum atomic E-state index is 11.9. The topological polar surface area (TPSA) is 38.3 Å². The van der Waals surface area contributed by atoms with Crippen LogP contribution < -0.4 is 5.32 Å². The second-order valence-electron chi connectivity index (χ2n) is 6.94. The van der Waals surface area contributed by atoms with Gasteiger partial charge in [0.05, 0.1) is 18.4 Å². The van der Waals surface area contributed by atoms with Crippen molar-refractivity contribution < 1.29 is 9.53 Å². The number of methoxy groups -OCH3 is 1. The van der Waals surface area contributed by atoms with Gasteiger partial charge in [0.15, 0.2) is 0 Å². The fourth-order valence-corrected chi connectivity index (χ4v) is 3.77. The molecule has 2 atom stereocenters. The molecule has 1 aliphatic rings. The molecule has 0 bridgehead atoms. The molecular formula is C17H24ClNO2. The number of hydrogen-bond acceptors (Lipinski definition) is 3. The molecule has 1 saturated carbocycles. The molecule has 2 rings (SSSR count). The largest absolute Gasteiger partial charge is 0.465 e. The molecule has 0 radical (unpaired) electrons. The Kier molecular flexibility index (Phi) is 4.82. The minimum absolute atomic E-state index is 0.319. The number of nitrogens with one attached hydrogen (secondary N) is 1. The molecule has 4 heteroatoms. The smallest absolute Gasteiger partial charge is 0.339 e. The lowest BCUT2D eigenvalue weighted by molar-refractivity contribution is 0.0601. The van der Waals surface area contributed by atoms with Crippen LogP contribution in [0.2, 0.25) is 5.02 Å². The molecule has 1 aromatic carbocycles. The zero-order valence-electron chi connectivity index (χ0n) is 13.2. The molecule has 1 aromatic rings. The van der Waals surface area contributed by atoms with Crippen molar-refractivity contribution in [2.75, 3.05) is 12.4 Å². The molecule has 1 N–H and O–H groups in total. The summed E-state index contributed by atoms with van der Waals surface area (Å²) in [6.45, 7) is 6.89. The first-order chi connectivity index (χ1) is 9.80. The Morgan fingerprint density at radius 2 is 2.10 bits per heavy atom. The number of ether oxygens (including phenoxy) is 1. The summed E-state index contributed by atoms with van der Waals surface area (Å²) in [5.74, 6) is 0.337. The van der Waals surface area contributed by atoms with Crippen molar-refractivity contribution in [1.82, 2.24) is 0 Å². The van der Waals surface area contributed by atoms with E-state index in [1.807, 2.05) is 0 Å². The van der Waals surface area contributed by atoms with Gasteiger partial charge in [-0.15, -0.1) is 0 Å². The van der Waals surface area contributed by atoms with Gasteiger partial charge in [-0.2, -0.15) is 0 Å². The Balaban J connectivity index is 2.22. The Morgan fingerprint density at radius 3 is 2.71 bits per heavy atom. The van der Waals surface area contributed by atoms with Crippen molar-refractivity contribution in [2.24, 2.45) is 11.3 Å². The molecule has 0 amide bonds. The first kappa shape index (κ1) is 16.2. The SMILES string of the molecule is COC(=O)c1ccc(Cl)cc1NC1CC(C)CC(C)(C)C1. The zero-order chi connectivity index (χ0) is 15.6. The lowest BCUT2D eigenvalue weighted by Gasteiger charge is -2.39. The van der Waals surface area contributed by atoms with Crippen LogP contribution in [0.5, 0.6) is 0 Å². The number of esters is 1. The lowest BCUT2D eigenvalue weighted by atomic mass is 9.70. The molecule has 0 spiro atoms. The highest BCUT2D eigenvalue weighted by molar-refractivity contribution is 6.31. The summed E-state index contributed by atoms with van der Waals surface area (Å²) in [6.07, 6.45) is 3.44. The molecule has 1 fully saturated rings. The third-order valence-corrected chi connectivity index (χ3v) is 4.37. The minimum atomic E-state index is -0.336. The van der Waals surface area contributed by atoms with Gasteiger partial charge in [0.25, 0.3) is 0 Å². The number of halogens is 1. The Morgan fingerprint density at radius 1 is 1.38 bits per heavy atom. The predicted octanol–water partition coefficient (Wildman–Crippen LogP) is 4.75. The number of carbonyl (C=O) groups is 1. The first-order valence-corrected chi connectivity index (χ1v) is 7.83. The second kappa shape index (κ2) is 6.27. The van der Waals surface area contributed by atoms with E-state index in [9.17, 15) is 4.79 Å². The fraction of sp³-hybridized carbons (Fsp3) is 0.588. The van der Waals surface area contributed by atoms with E-state index in [2.05, 4.69) is 26.1 Å². The standard InChI is InChI=1S/C17H24ClNO2/c1-11-7-13(10-17(2,3)9-11)19-15-8-12(18)5-6-14(15)16(20)21-4/h5-6,8,11,13,19H,7,9-10H2,1-4H3. The number of rotatable bonds is 3. The molecule has 116 valence electrons. The summed E-state index contributed by atoms with van der Waals surface area (Å²) >= 11 is 6.07. The van der Waals surface area contributed by atoms with Crippen LogP contribution in [-0.4, -0.2) is 19.1 Å². The highest BCUT2D eigenvalue weighted by atomic mass is 35.5. The van der Waals surface area contributed by atoms with E-state index in [0.717, 1.165) is 18.5 Å². The van der Waals surface area contributed by atoms with Crippen molar-refractivity contribution in [2.45, 2.75) is 46.1 Å². The van der Waals surface area contributed by atoms with Crippen LogP contribution in [0.1, 0.15) is 50.4 Å². The van der Waals surface area contributed by atoms with Crippen molar-refractivity contribution >= 4 is 23.3 Å². The summed E-state index contributed by atoms with van der Waals surface area (Å²) < 4.78 is 4.85. The van der Waals surface area contributed by atoms with E-state index in [0.29, 0.717) is 28.0 Å². The Hall–Kier alpha value is -1.22. The Labute approximate surface area is 132 Å². The van der Waals surface area contributed by atoms with Crippen LogP contribution in [-0.2, 0) is 4.74 Å². The van der Waals surface area contributed by atoms with E-state index in [4.69, 9.17) is 16.3 Å². The average molecular weight is 310 g/mol. The fourth-order valence-electron chi connectivity index (χ4n) is 3.60. The van der Waals surface area contributed by atoms with E-state index in [1.165, 1.54) is 13.5 Å².